The van der Waals surface area contributed by atoms with E-state index in [1.807, 2.05) is 22.9 Å². The number of aryl methyl sites for hydroxylation is 1. The Bertz CT molecular complexity index is 676. The van der Waals surface area contributed by atoms with E-state index in [4.69, 9.17) is 0 Å². The van der Waals surface area contributed by atoms with Crippen molar-refractivity contribution in [3.8, 4) is 0 Å². The number of rotatable bonds is 3. The van der Waals surface area contributed by atoms with Gasteiger partial charge in [-0.1, -0.05) is 6.07 Å². The molecule has 3 aliphatic rings. The normalized spacial score (nSPS) is 25.6. The van der Waals surface area contributed by atoms with Gasteiger partial charge in [-0.2, -0.15) is 0 Å². The minimum Gasteiger partial charge on any atom is -0.342 e. The van der Waals surface area contributed by atoms with Crippen molar-refractivity contribution in [3.05, 3.63) is 29.6 Å². The highest BCUT2D eigenvalue weighted by atomic mass is 16.2. The van der Waals surface area contributed by atoms with Crippen LogP contribution in [0.1, 0.15) is 36.4 Å². The van der Waals surface area contributed by atoms with Gasteiger partial charge in [-0.15, -0.1) is 0 Å². The Hall–Kier alpha value is -1.95. The van der Waals surface area contributed by atoms with Crippen molar-refractivity contribution in [2.45, 2.75) is 38.1 Å². The van der Waals surface area contributed by atoms with E-state index in [0.717, 1.165) is 44.7 Å². The predicted octanol–water partition coefficient (Wildman–Crippen LogP) is 1.26. The van der Waals surface area contributed by atoms with Crippen molar-refractivity contribution in [2.75, 3.05) is 39.8 Å². The van der Waals surface area contributed by atoms with Crippen LogP contribution in [0.5, 0.6) is 0 Å². The molecule has 0 aliphatic carbocycles. The maximum absolute atomic E-state index is 12.9. The molecule has 1 atom stereocenters. The topological polar surface area (TPSA) is 56.8 Å². The zero-order valence-corrected chi connectivity index (χ0v) is 15.7. The zero-order chi connectivity index (χ0) is 18.3. The summed E-state index contributed by atoms with van der Waals surface area (Å²) in [5.41, 5.74) is 2.31. The first-order valence-corrected chi connectivity index (χ1v) is 9.70. The molecule has 4 heterocycles. The molecule has 0 N–H and O–H groups in total. The van der Waals surface area contributed by atoms with Gasteiger partial charge in [-0.05, 0) is 44.4 Å². The summed E-state index contributed by atoms with van der Waals surface area (Å²) < 4.78 is 0. The molecule has 1 unspecified atom stereocenters. The smallest absolute Gasteiger partial charge is 0.227 e. The number of amides is 2. The third kappa shape index (κ3) is 3.34. The molecule has 3 aliphatic heterocycles. The monoisotopic (exact) mass is 356 g/mol. The van der Waals surface area contributed by atoms with Crippen molar-refractivity contribution in [3.63, 3.8) is 0 Å². The molecule has 4 rings (SSSR count). The average Bonchev–Trinajstić information content (AvgIpc) is 3.00. The van der Waals surface area contributed by atoms with Crippen LogP contribution in [0.2, 0.25) is 0 Å². The van der Waals surface area contributed by atoms with Gasteiger partial charge in [0.1, 0.15) is 0 Å². The first kappa shape index (κ1) is 17.5. The zero-order valence-electron chi connectivity index (χ0n) is 15.7. The first-order chi connectivity index (χ1) is 12.5. The molecule has 3 saturated heterocycles. The molecule has 0 spiro atoms. The van der Waals surface area contributed by atoms with Crippen molar-refractivity contribution in [1.82, 2.24) is 19.7 Å². The van der Waals surface area contributed by atoms with Crippen molar-refractivity contribution in [1.29, 1.82) is 0 Å². The van der Waals surface area contributed by atoms with E-state index < -0.39 is 0 Å². The lowest BCUT2D eigenvalue weighted by molar-refractivity contribution is -0.136. The Balaban J connectivity index is 1.31. The summed E-state index contributed by atoms with van der Waals surface area (Å²) in [6.07, 6.45) is 4.32. The Morgan fingerprint density at radius 2 is 1.88 bits per heavy atom. The highest BCUT2D eigenvalue weighted by Crippen LogP contribution is 2.30. The molecular weight excluding hydrogens is 328 g/mol. The maximum atomic E-state index is 12.9. The Morgan fingerprint density at radius 3 is 2.50 bits per heavy atom. The van der Waals surface area contributed by atoms with E-state index in [2.05, 4.69) is 29.1 Å². The van der Waals surface area contributed by atoms with Crippen LogP contribution in [-0.4, -0.2) is 77.3 Å². The molecule has 0 bridgehead atoms. The van der Waals surface area contributed by atoms with Gasteiger partial charge in [0.15, 0.2) is 0 Å². The fourth-order valence-electron chi connectivity index (χ4n) is 4.53. The van der Waals surface area contributed by atoms with E-state index in [1.165, 1.54) is 5.56 Å². The Kier molecular flexibility index (Phi) is 4.69. The number of piperidine rings is 1. The highest BCUT2D eigenvalue weighted by Gasteiger charge is 2.42. The average molecular weight is 356 g/mol. The fraction of sp³-hybridized carbons (Fsp3) is 0.650. The molecule has 0 saturated carbocycles. The molecule has 1 aromatic rings. The second kappa shape index (κ2) is 6.99. The molecule has 140 valence electrons. The number of hydrogen-bond donors (Lipinski definition) is 0. The van der Waals surface area contributed by atoms with Gasteiger partial charge in [-0.25, -0.2) is 0 Å². The summed E-state index contributed by atoms with van der Waals surface area (Å²) in [7, 11) is 2.06. The largest absolute Gasteiger partial charge is 0.342 e. The first-order valence-electron chi connectivity index (χ1n) is 9.70. The van der Waals surface area contributed by atoms with Gasteiger partial charge in [0, 0.05) is 51.0 Å². The van der Waals surface area contributed by atoms with E-state index in [0.29, 0.717) is 24.9 Å². The molecule has 0 aromatic carbocycles. The second-order valence-corrected chi connectivity index (χ2v) is 8.15. The molecular formula is C20H28N4O2. The van der Waals surface area contributed by atoms with E-state index >= 15 is 0 Å². The maximum Gasteiger partial charge on any atom is 0.227 e. The summed E-state index contributed by atoms with van der Waals surface area (Å²) in [6.45, 7) is 6.05. The standard InChI is InChI=1S/C20H28N4O2/c1-14-3-4-16(10-21-14)15-5-7-23(8-6-15)20(26)17-9-19(25)24(11-17)18-12-22(2)13-18/h3-4,10,15,17-18H,5-9,11-13H2,1-2H3. The molecule has 26 heavy (non-hydrogen) atoms. The van der Waals surface area contributed by atoms with Crippen LogP contribution < -0.4 is 0 Å². The van der Waals surface area contributed by atoms with Gasteiger partial charge in [-0.3, -0.25) is 14.6 Å². The molecule has 2 amide bonds. The minimum atomic E-state index is -0.147. The van der Waals surface area contributed by atoms with Crippen molar-refractivity contribution >= 4 is 11.8 Å². The van der Waals surface area contributed by atoms with Crippen molar-refractivity contribution in [2.24, 2.45) is 5.92 Å². The third-order valence-electron chi connectivity index (χ3n) is 6.21. The number of nitrogens with zero attached hydrogens (tertiary/aromatic N) is 4. The number of pyridine rings is 1. The van der Waals surface area contributed by atoms with Crippen LogP contribution in [0.15, 0.2) is 18.3 Å². The highest BCUT2D eigenvalue weighted by molar-refractivity contribution is 5.89. The molecule has 1 aromatic heterocycles. The van der Waals surface area contributed by atoms with E-state index in [-0.39, 0.29) is 17.7 Å². The number of aromatic nitrogens is 1. The van der Waals surface area contributed by atoms with Crippen LogP contribution in [0.3, 0.4) is 0 Å². The van der Waals surface area contributed by atoms with E-state index in [9.17, 15) is 9.59 Å². The summed E-state index contributed by atoms with van der Waals surface area (Å²) in [4.78, 5) is 35.7. The quantitative estimate of drug-likeness (QED) is 0.818. The van der Waals surface area contributed by atoms with Crippen LogP contribution >= 0.6 is 0 Å². The van der Waals surface area contributed by atoms with Crippen LogP contribution in [0.25, 0.3) is 0 Å². The molecule has 6 heteroatoms. The van der Waals surface area contributed by atoms with Gasteiger partial charge in [0.05, 0.1) is 12.0 Å². The summed E-state index contributed by atoms with van der Waals surface area (Å²) in [5, 5.41) is 0. The third-order valence-corrected chi connectivity index (χ3v) is 6.21. The second-order valence-electron chi connectivity index (χ2n) is 8.15. The Labute approximate surface area is 155 Å². The molecule has 0 radical (unpaired) electrons. The van der Waals surface area contributed by atoms with Crippen molar-refractivity contribution < 1.29 is 9.59 Å². The lowest BCUT2D eigenvalue weighted by atomic mass is 9.89. The number of carbonyl (C=O) groups is 2. The number of carbonyl (C=O) groups excluding carboxylic acids is 2. The van der Waals surface area contributed by atoms with Gasteiger partial charge in [0.25, 0.3) is 0 Å². The number of likely N-dealkylation sites (N-methyl/N-ethyl adjacent to an activating group) is 1. The SMILES string of the molecule is Cc1ccc(C2CCN(C(=O)C3CC(=O)N(C4CN(C)C4)C3)CC2)cn1. The summed E-state index contributed by atoms with van der Waals surface area (Å²) >= 11 is 0. The van der Waals surface area contributed by atoms with Crippen LogP contribution in [0.4, 0.5) is 0 Å². The predicted molar refractivity (Wildman–Crippen MR) is 98.6 cm³/mol. The number of likely N-dealkylation sites (tertiary alicyclic amines) is 3. The molecule has 3 fully saturated rings. The minimum absolute atomic E-state index is 0.147. The van der Waals surface area contributed by atoms with Crippen LogP contribution in [0, 0.1) is 12.8 Å². The lowest BCUT2D eigenvalue weighted by Gasteiger charge is -2.42. The van der Waals surface area contributed by atoms with Gasteiger partial charge < -0.3 is 14.7 Å². The summed E-state index contributed by atoms with van der Waals surface area (Å²) in [6, 6.07) is 4.53. The Morgan fingerprint density at radius 1 is 1.15 bits per heavy atom. The fourth-order valence-corrected chi connectivity index (χ4v) is 4.53. The summed E-state index contributed by atoms with van der Waals surface area (Å²) in [5.74, 6) is 0.668. The van der Waals surface area contributed by atoms with Gasteiger partial charge in [0.2, 0.25) is 11.8 Å². The van der Waals surface area contributed by atoms with E-state index in [1.54, 1.807) is 0 Å². The molecule has 6 nitrogen and oxygen atoms in total. The van der Waals surface area contributed by atoms with Gasteiger partial charge >= 0.3 is 0 Å². The number of hydrogen-bond acceptors (Lipinski definition) is 4. The van der Waals surface area contributed by atoms with Crippen LogP contribution in [-0.2, 0) is 9.59 Å². The lowest BCUT2D eigenvalue weighted by Crippen LogP contribution is -2.58.